The highest BCUT2D eigenvalue weighted by molar-refractivity contribution is 7.89. The average Bonchev–Trinajstić information content (AvgIpc) is 2.25. The topological polar surface area (TPSA) is 79.3 Å². The Morgan fingerprint density at radius 3 is 2.76 bits per heavy atom. The minimum atomic E-state index is -3.53. The molecule has 1 aromatic heterocycles. The van der Waals surface area contributed by atoms with Gasteiger partial charge in [0.15, 0.2) is 0 Å². The Morgan fingerprint density at radius 1 is 1.53 bits per heavy atom. The summed E-state index contributed by atoms with van der Waals surface area (Å²) in [5.41, 5.74) is 0. The summed E-state index contributed by atoms with van der Waals surface area (Å²) in [6.45, 7) is 1.95. The van der Waals surface area contributed by atoms with E-state index in [1.54, 1.807) is 6.92 Å². The average molecular weight is 279 g/mol. The molecule has 96 valence electrons. The van der Waals surface area contributed by atoms with Gasteiger partial charge < -0.3 is 5.11 Å². The van der Waals surface area contributed by atoms with Crippen LogP contribution in [0, 0.1) is 0 Å². The Hall–Kier alpha value is -0.690. The van der Waals surface area contributed by atoms with Crippen molar-refractivity contribution in [3.8, 4) is 0 Å². The molecule has 1 unspecified atom stereocenters. The first-order valence-electron chi connectivity index (χ1n) is 5.21. The van der Waals surface area contributed by atoms with E-state index < -0.39 is 16.1 Å². The summed E-state index contributed by atoms with van der Waals surface area (Å²) in [6.07, 6.45) is 1.93. The molecule has 0 aromatic carbocycles. The number of hydrogen-bond acceptors (Lipinski definition) is 4. The van der Waals surface area contributed by atoms with Gasteiger partial charge in [0.1, 0.15) is 10.0 Å². The largest absolute Gasteiger partial charge is 0.393 e. The smallest absolute Gasteiger partial charge is 0.242 e. The molecule has 0 aliphatic heterocycles. The highest BCUT2D eigenvalue weighted by Gasteiger charge is 2.13. The van der Waals surface area contributed by atoms with E-state index >= 15 is 0 Å². The predicted octanol–water partition coefficient (Wildman–Crippen LogP) is 1.17. The van der Waals surface area contributed by atoms with E-state index in [4.69, 9.17) is 16.7 Å². The Bertz CT molecular complexity index is 445. The second kappa shape index (κ2) is 6.30. The number of pyridine rings is 1. The van der Waals surface area contributed by atoms with E-state index in [9.17, 15) is 8.42 Å². The van der Waals surface area contributed by atoms with Crippen LogP contribution in [-0.4, -0.2) is 31.2 Å². The first-order valence-corrected chi connectivity index (χ1v) is 7.07. The van der Waals surface area contributed by atoms with Crippen molar-refractivity contribution in [1.82, 2.24) is 9.71 Å². The van der Waals surface area contributed by atoms with Crippen molar-refractivity contribution in [3.05, 3.63) is 23.5 Å². The number of aromatic nitrogens is 1. The molecule has 2 N–H and O–H groups in total. The maximum Gasteiger partial charge on any atom is 0.242 e. The van der Waals surface area contributed by atoms with Crippen LogP contribution in [0.3, 0.4) is 0 Å². The summed E-state index contributed by atoms with van der Waals surface area (Å²) >= 11 is 5.57. The van der Waals surface area contributed by atoms with Crippen LogP contribution in [0.15, 0.2) is 23.2 Å². The number of halogens is 1. The van der Waals surface area contributed by atoms with Crippen LogP contribution in [0.2, 0.25) is 5.15 Å². The predicted molar refractivity (Wildman–Crippen MR) is 65.4 cm³/mol. The fourth-order valence-corrected chi connectivity index (χ4v) is 2.34. The molecular weight excluding hydrogens is 264 g/mol. The van der Waals surface area contributed by atoms with Gasteiger partial charge in [0.05, 0.1) is 6.10 Å². The zero-order chi connectivity index (χ0) is 12.9. The normalized spacial score (nSPS) is 13.6. The molecular formula is C10H15ClN2O3S. The summed E-state index contributed by atoms with van der Waals surface area (Å²) < 4.78 is 25.9. The molecule has 0 aliphatic carbocycles. The maximum absolute atomic E-state index is 11.7. The standard InChI is InChI=1S/C10H15ClN2O3S/c1-8(14)3-2-6-13-17(15,16)9-4-5-10(11)12-7-9/h4-5,7-8,13-14H,2-3,6H2,1H3. The third kappa shape index (κ3) is 4.99. The second-order valence-corrected chi connectivity index (χ2v) is 5.86. The molecule has 1 atom stereocenters. The molecule has 1 aromatic rings. The van der Waals surface area contributed by atoms with Gasteiger partial charge in [-0.3, -0.25) is 0 Å². The van der Waals surface area contributed by atoms with Crippen molar-refractivity contribution in [3.63, 3.8) is 0 Å². The monoisotopic (exact) mass is 278 g/mol. The van der Waals surface area contributed by atoms with Crippen LogP contribution in [0.5, 0.6) is 0 Å². The number of nitrogens with zero attached hydrogens (tertiary/aromatic N) is 1. The van der Waals surface area contributed by atoms with E-state index in [0.717, 1.165) is 0 Å². The number of aliphatic hydroxyl groups excluding tert-OH is 1. The summed E-state index contributed by atoms with van der Waals surface area (Å²) in [7, 11) is -3.53. The lowest BCUT2D eigenvalue weighted by atomic mass is 10.2. The SMILES string of the molecule is CC(O)CCCNS(=O)(=O)c1ccc(Cl)nc1. The Kier molecular flexibility index (Phi) is 5.32. The Labute approximate surface area is 106 Å². The van der Waals surface area contributed by atoms with Gasteiger partial charge in [-0.05, 0) is 31.9 Å². The Morgan fingerprint density at radius 2 is 2.24 bits per heavy atom. The maximum atomic E-state index is 11.7. The molecule has 7 heteroatoms. The molecule has 0 aliphatic rings. The van der Waals surface area contributed by atoms with Gasteiger partial charge in [0.2, 0.25) is 10.0 Å². The lowest BCUT2D eigenvalue weighted by Gasteiger charge is -2.07. The van der Waals surface area contributed by atoms with Crippen LogP contribution >= 0.6 is 11.6 Å². The molecule has 0 spiro atoms. The van der Waals surface area contributed by atoms with Gasteiger partial charge in [-0.2, -0.15) is 0 Å². The van der Waals surface area contributed by atoms with Crippen molar-refractivity contribution < 1.29 is 13.5 Å². The lowest BCUT2D eigenvalue weighted by Crippen LogP contribution is -2.25. The van der Waals surface area contributed by atoms with Crippen molar-refractivity contribution in [2.24, 2.45) is 0 Å². The minimum absolute atomic E-state index is 0.0824. The molecule has 0 saturated heterocycles. The first-order chi connectivity index (χ1) is 7.92. The van der Waals surface area contributed by atoms with Gasteiger partial charge in [-0.1, -0.05) is 11.6 Å². The summed E-state index contributed by atoms with van der Waals surface area (Å²) in [4.78, 5) is 3.79. The van der Waals surface area contributed by atoms with E-state index in [2.05, 4.69) is 9.71 Å². The highest BCUT2D eigenvalue weighted by Crippen LogP contribution is 2.10. The molecule has 17 heavy (non-hydrogen) atoms. The number of aliphatic hydroxyl groups is 1. The molecule has 0 bridgehead atoms. The Balaban J connectivity index is 2.54. The first kappa shape index (κ1) is 14.4. The zero-order valence-electron chi connectivity index (χ0n) is 9.43. The van der Waals surface area contributed by atoms with Crippen LogP contribution < -0.4 is 4.72 Å². The van der Waals surface area contributed by atoms with Gasteiger partial charge in [0, 0.05) is 12.7 Å². The molecule has 1 rings (SSSR count). The number of hydrogen-bond donors (Lipinski definition) is 2. The van der Waals surface area contributed by atoms with Crippen molar-refractivity contribution in [2.45, 2.75) is 30.8 Å². The van der Waals surface area contributed by atoms with Crippen LogP contribution in [0.1, 0.15) is 19.8 Å². The summed E-state index contributed by atoms with van der Waals surface area (Å²) in [5, 5.41) is 9.28. The number of rotatable bonds is 6. The van der Waals surface area contributed by atoms with Crippen molar-refractivity contribution in [1.29, 1.82) is 0 Å². The fourth-order valence-electron chi connectivity index (χ4n) is 1.21. The van der Waals surface area contributed by atoms with Gasteiger partial charge >= 0.3 is 0 Å². The molecule has 0 radical (unpaired) electrons. The molecule has 5 nitrogen and oxygen atoms in total. The lowest BCUT2D eigenvalue weighted by molar-refractivity contribution is 0.182. The zero-order valence-corrected chi connectivity index (χ0v) is 11.0. The van der Waals surface area contributed by atoms with Gasteiger partial charge in [-0.25, -0.2) is 18.1 Å². The fraction of sp³-hybridized carbons (Fsp3) is 0.500. The molecule has 0 fully saturated rings. The summed E-state index contributed by atoms with van der Waals surface area (Å²) in [5.74, 6) is 0. The number of nitrogens with one attached hydrogen (secondary N) is 1. The summed E-state index contributed by atoms with van der Waals surface area (Å²) in [6, 6.07) is 2.82. The van der Waals surface area contributed by atoms with E-state index in [-0.39, 0.29) is 16.6 Å². The third-order valence-corrected chi connectivity index (χ3v) is 3.77. The van der Waals surface area contributed by atoms with E-state index in [1.165, 1.54) is 18.3 Å². The highest BCUT2D eigenvalue weighted by atomic mass is 35.5. The quantitative estimate of drug-likeness (QED) is 0.605. The molecule has 0 saturated carbocycles. The minimum Gasteiger partial charge on any atom is -0.393 e. The van der Waals surface area contributed by atoms with Gasteiger partial charge in [0.25, 0.3) is 0 Å². The van der Waals surface area contributed by atoms with Crippen molar-refractivity contribution >= 4 is 21.6 Å². The molecule has 1 heterocycles. The number of sulfonamides is 1. The van der Waals surface area contributed by atoms with Crippen molar-refractivity contribution in [2.75, 3.05) is 6.54 Å². The van der Waals surface area contributed by atoms with E-state index in [1.807, 2.05) is 0 Å². The van der Waals surface area contributed by atoms with Gasteiger partial charge in [-0.15, -0.1) is 0 Å². The molecule has 0 amide bonds. The van der Waals surface area contributed by atoms with Crippen LogP contribution in [0.25, 0.3) is 0 Å². The van der Waals surface area contributed by atoms with Crippen LogP contribution in [0.4, 0.5) is 0 Å². The third-order valence-electron chi connectivity index (χ3n) is 2.10. The second-order valence-electron chi connectivity index (χ2n) is 3.71. The van der Waals surface area contributed by atoms with Crippen LogP contribution in [-0.2, 0) is 10.0 Å². The van der Waals surface area contributed by atoms with E-state index in [0.29, 0.717) is 12.8 Å².